The van der Waals surface area contributed by atoms with Gasteiger partial charge in [-0.25, -0.2) is 0 Å². The zero-order chi connectivity index (χ0) is 12.6. The number of rotatable bonds is 1. The van der Waals surface area contributed by atoms with Gasteiger partial charge in [0.15, 0.2) is 0 Å². The van der Waals surface area contributed by atoms with Crippen molar-refractivity contribution in [1.29, 1.82) is 0 Å². The molecule has 0 saturated heterocycles. The molecule has 0 amide bonds. The molecule has 2 rings (SSSR count). The van der Waals surface area contributed by atoms with Gasteiger partial charge in [-0.1, -0.05) is 41.4 Å². The average Bonchev–Trinajstić information content (AvgIpc) is 2.36. The van der Waals surface area contributed by atoms with Gasteiger partial charge in [-0.15, -0.1) is 12.6 Å². The number of hydrogen-bond donors (Lipinski definition) is 1. The molecule has 0 atom stereocenters. The smallest absolute Gasteiger partial charge is 0.115 e. The quantitative estimate of drug-likeness (QED) is 0.571. The lowest BCUT2D eigenvalue weighted by Gasteiger charge is -2.18. The molecule has 2 aromatic carbocycles. The Morgan fingerprint density at radius 1 is 0.882 bits per heavy atom. The third-order valence-corrected chi connectivity index (χ3v) is 3.92. The molecule has 0 saturated carbocycles. The molecule has 2 heteroatoms. The molecule has 0 aliphatic heterocycles. The highest BCUT2D eigenvalue weighted by Gasteiger charge is 2.13. The molecule has 0 fully saturated rings. The number of hydrogen-bond acceptors (Lipinski definition) is 1. The van der Waals surface area contributed by atoms with E-state index >= 15 is 0 Å². The summed E-state index contributed by atoms with van der Waals surface area (Å²) in [6, 6.07) is 10.3. The minimum Gasteiger partial charge on any atom is -0.143 e. The van der Waals surface area contributed by atoms with E-state index < -0.39 is 0 Å². The normalized spacial score (nSPS) is 10.6. The van der Waals surface area contributed by atoms with Gasteiger partial charge in [0.2, 0.25) is 0 Å². The fourth-order valence-electron chi connectivity index (χ4n) is 2.12. The molecule has 17 heavy (non-hydrogen) atoms. The van der Waals surface area contributed by atoms with Crippen LogP contribution in [0.4, 0.5) is 0 Å². The summed E-state index contributed by atoms with van der Waals surface area (Å²) in [6.45, 7) is 6.29. The first-order valence-electron chi connectivity index (χ1n) is 5.67. The maximum Gasteiger partial charge on any atom is 0.115 e. The van der Waals surface area contributed by atoms with Crippen LogP contribution in [0.5, 0.6) is 0 Å². The lowest BCUT2D eigenvalue weighted by atomic mass is 9.82. The van der Waals surface area contributed by atoms with E-state index in [0.717, 1.165) is 21.5 Å². The van der Waals surface area contributed by atoms with Gasteiger partial charge in [-0.2, -0.15) is 0 Å². The van der Waals surface area contributed by atoms with E-state index in [4.69, 9.17) is 7.85 Å². The minimum absolute atomic E-state index is 0.787. The van der Waals surface area contributed by atoms with Gasteiger partial charge in [0.05, 0.1) is 0 Å². The zero-order valence-electron chi connectivity index (χ0n) is 10.4. The molecule has 0 nitrogen and oxygen atoms in total. The Hall–Kier alpha value is -1.15. The van der Waals surface area contributed by atoms with Gasteiger partial charge in [0.1, 0.15) is 7.85 Å². The fraction of sp³-hybridized carbons (Fsp3) is 0.200. The standard InChI is InChI=1S/C15H15BS/c1-9-10(2)13(12-7-5-4-6-8-12)15(17)14(16)11(9)3/h4-8,17H,1-3H3. The largest absolute Gasteiger partial charge is 0.143 e. The van der Waals surface area contributed by atoms with Crippen molar-refractivity contribution in [3.8, 4) is 11.1 Å². The summed E-state index contributed by atoms with van der Waals surface area (Å²) in [6.07, 6.45) is 0. The van der Waals surface area contributed by atoms with Gasteiger partial charge in [-0.3, -0.25) is 0 Å². The van der Waals surface area contributed by atoms with E-state index in [-0.39, 0.29) is 0 Å². The fourth-order valence-corrected chi connectivity index (χ4v) is 2.58. The lowest BCUT2D eigenvalue weighted by Crippen LogP contribution is -2.14. The van der Waals surface area contributed by atoms with E-state index in [1.54, 1.807) is 0 Å². The molecule has 84 valence electrons. The molecule has 0 unspecified atom stereocenters. The first-order chi connectivity index (χ1) is 8.04. The van der Waals surface area contributed by atoms with Gasteiger partial charge in [0, 0.05) is 4.90 Å². The van der Waals surface area contributed by atoms with Crippen molar-refractivity contribution < 1.29 is 0 Å². The van der Waals surface area contributed by atoms with Crippen molar-refractivity contribution in [1.82, 2.24) is 0 Å². The third kappa shape index (κ3) is 2.02. The van der Waals surface area contributed by atoms with Crippen LogP contribution in [-0.2, 0) is 0 Å². The summed E-state index contributed by atoms with van der Waals surface area (Å²) < 4.78 is 0. The molecule has 0 aliphatic rings. The van der Waals surface area contributed by atoms with Crippen LogP contribution in [0.3, 0.4) is 0 Å². The summed E-state index contributed by atoms with van der Waals surface area (Å²) >= 11 is 4.58. The second kappa shape index (κ2) is 4.62. The van der Waals surface area contributed by atoms with Crippen molar-refractivity contribution >= 4 is 25.9 Å². The molecule has 0 aliphatic carbocycles. The maximum absolute atomic E-state index is 6.11. The van der Waals surface area contributed by atoms with Gasteiger partial charge in [-0.05, 0) is 43.0 Å². The summed E-state index contributed by atoms with van der Waals surface area (Å²) in [4.78, 5) is 0.886. The maximum atomic E-state index is 6.11. The molecular formula is C15H15BS. The monoisotopic (exact) mass is 238 g/mol. The van der Waals surface area contributed by atoms with E-state index in [9.17, 15) is 0 Å². The van der Waals surface area contributed by atoms with Gasteiger partial charge in [0.25, 0.3) is 0 Å². The van der Waals surface area contributed by atoms with Crippen LogP contribution in [0.1, 0.15) is 16.7 Å². The second-order valence-corrected chi connectivity index (χ2v) is 4.83. The Balaban J connectivity index is 2.80. The number of benzene rings is 2. The van der Waals surface area contributed by atoms with Crippen LogP contribution in [0.15, 0.2) is 35.2 Å². The Bertz CT molecular complexity index is 530. The van der Waals surface area contributed by atoms with E-state index in [2.05, 4.69) is 38.6 Å². The Morgan fingerprint density at radius 3 is 2.06 bits per heavy atom. The molecule has 0 bridgehead atoms. The molecule has 2 aromatic rings. The average molecular weight is 238 g/mol. The summed E-state index contributed by atoms with van der Waals surface area (Å²) in [5.74, 6) is 0. The van der Waals surface area contributed by atoms with Crippen LogP contribution in [-0.4, -0.2) is 7.85 Å². The van der Waals surface area contributed by atoms with Crippen LogP contribution >= 0.6 is 12.6 Å². The SMILES string of the molecule is [B]c1c(C)c(C)c(C)c(-c2ccccc2)c1S. The highest BCUT2D eigenvalue weighted by molar-refractivity contribution is 7.80. The number of thiol groups is 1. The lowest BCUT2D eigenvalue weighted by molar-refractivity contribution is 1.24. The Kier molecular flexibility index (Phi) is 3.34. The molecule has 0 heterocycles. The topological polar surface area (TPSA) is 0 Å². The van der Waals surface area contributed by atoms with Gasteiger partial charge < -0.3 is 0 Å². The predicted molar refractivity (Wildman–Crippen MR) is 78.7 cm³/mol. The summed E-state index contributed by atoms with van der Waals surface area (Å²) in [5.41, 5.74) is 6.74. The minimum atomic E-state index is 0.787. The third-order valence-electron chi connectivity index (χ3n) is 3.46. The first kappa shape index (κ1) is 12.3. The molecule has 0 spiro atoms. The van der Waals surface area contributed by atoms with Gasteiger partial charge >= 0.3 is 0 Å². The van der Waals surface area contributed by atoms with Crippen LogP contribution in [0.2, 0.25) is 0 Å². The summed E-state index contributed by atoms with van der Waals surface area (Å²) in [7, 11) is 6.11. The molecule has 0 N–H and O–H groups in total. The van der Waals surface area contributed by atoms with Crippen LogP contribution < -0.4 is 5.46 Å². The van der Waals surface area contributed by atoms with Crippen molar-refractivity contribution in [2.24, 2.45) is 0 Å². The Morgan fingerprint density at radius 2 is 1.47 bits per heavy atom. The molecule has 2 radical (unpaired) electrons. The summed E-state index contributed by atoms with van der Waals surface area (Å²) in [5, 5.41) is 0. The van der Waals surface area contributed by atoms with Crippen molar-refractivity contribution in [2.45, 2.75) is 25.7 Å². The molecule has 0 aromatic heterocycles. The highest BCUT2D eigenvalue weighted by Crippen LogP contribution is 2.31. The molecular weight excluding hydrogens is 223 g/mol. The van der Waals surface area contributed by atoms with E-state index in [1.807, 2.05) is 25.1 Å². The zero-order valence-corrected chi connectivity index (χ0v) is 11.3. The van der Waals surface area contributed by atoms with Crippen molar-refractivity contribution in [3.05, 3.63) is 47.0 Å². The van der Waals surface area contributed by atoms with Crippen LogP contribution in [0.25, 0.3) is 11.1 Å². The predicted octanol–water partition coefficient (Wildman–Crippen LogP) is 3.36. The second-order valence-electron chi connectivity index (χ2n) is 4.38. The van der Waals surface area contributed by atoms with Crippen molar-refractivity contribution in [3.63, 3.8) is 0 Å². The van der Waals surface area contributed by atoms with E-state index in [0.29, 0.717) is 0 Å². The highest BCUT2D eigenvalue weighted by atomic mass is 32.1. The van der Waals surface area contributed by atoms with Crippen molar-refractivity contribution in [2.75, 3.05) is 0 Å². The Labute approximate surface area is 110 Å². The van der Waals surface area contributed by atoms with Crippen LogP contribution in [0, 0.1) is 20.8 Å². The van der Waals surface area contributed by atoms with E-state index in [1.165, 1.54) is 16.7 Å². The first-order valence-corrected chi connectivity index (χ1v) is 6.12.